The number of halogens is 3. The molecule has 0 unspecified atom stereocenters. The van der Waals surface area contributed by atoms with Gasteiger partial charge in [0.1, 0.15) is 5.82 Å². The van der Waals surface area contributed by atoms with Crippen molar-refractivity contribution in [2.75, 3.05) is 26.7 Å². The van der Waals surface area contributed by atoms with Gasteiger partial charge in [-0.25, -0.2) is 9.18 Å². The van der Waals surface area contributed by atoms with Gasteiger partial charge in [0.25, 0.3) is 0 Å². The summed E-state index contributed by atoms with van der Waals surface area (Å²) in [6.07, 6.45) is 1.36. The summed E-state index contributed by atoms with van der Waals surface area (Å²) < 4.78 is 19.6. The predicted molar refractivity (Wildman–Crippen MR) is 114 cm³/mol. The molecule has 9 heteroatoms. The molecule has 0 radical (unpaired) electrons. The number of carbonyl (C=O) groups excluding carboxylic acids is 1. The maximum absolute atomic E-state index is 13.8. The van der Waals surface area contributed by atoms with Crippen molar-refractivity contribution < 1.29 is 13.9 Å². The molecule has 6 nitrogen and oxygen atoms in total. The zero-order chi connectivity index (χ0) is 18.2. The summed E-state index contributed by atoms with van der Waals surface area (Å²) in [5.74, 6) is 0.364. The SMILES string of the molecule is CCOC(=O)N1CCC(NC(=NC)NCc2cc(Br)ccc2F)CC1.I. The summed E-state index contributed by atoms with van der Waals surface area (Å²) in [6.45, 7) is 3.82. The molecule has 0 atom stereocenters. The van der Waals surface area contributed by atoms with Crippen LogP contribution in [0.2, 0.25) is 0 Å². The number of ether oxygens (including phenoxy) is 1. The van der Waals surface area contributed by atoms with Crippen molar-refractivity contribution in [1.29, 1.82) is 0 Å². The number of hydrogen-bond donors (Lipinski definition) is 2. The van der Waals surface area contributed by atoms with E-state index in [2.05, 4.69) is 31.6 Å². The van der Waals surface area contributed by atoms with Crippen molar-refractivity contribution in [1.82, 2.24) is 15.5 Å². The van der Waals surface area contributed by atoms with E-state index in [9.17, 15) is 9.18 Å². The lowest BCUT2D eigenvalue weighted by Gasteiger charge is -2.32. The Kier molecular flexibility index (Phi) is 10.2. The first kappa shape index (κ1) is 22.9. The van der Waals surface area contributed by atoms with Gasteiger partial charge < -0.3 is 20.3 Å². The number of nitrogens with zero attached hydrogens (tertiary/aromatic N) is 2. The molecule has 146 valence electrons. The highest BCUT2D eigenvalue weighted by Gasteiger charge is 2.24. The van der Waals surface area contributed by atoms with E-state index in [-0.39, 0.29) is 41.9 Å². The summed E-state index contributed by atoms with van der Waals surface area (Å²) in [5, 5.41) is 6.46. The fraction of sp³-hybridized carbons (Fsp3) is 0.529. The van der Waals surface area contributed by atoms with Gasteiger partial charge in [-0.1, -0.05) is 15.9 Å². The Hall–Kier alpha value is -1.10. The molecule has 26 heavy (non-hydrogen) atoms. The van der Waals surface area contributed by atoms with Crippen LogP contribution in [0.3, 0.4) is 0 Å². The van der Waals surface area contributed by atoms with Gasteiger partial charge in [-0.05, 0) is 38.0 Å². The number of carbonyl (C=O) groups is 1. The first-order valence-corrected chi connectivity index (χ1v) is 9.15. The standard InChI is InChI=1S/C17H24BrFN4O2.HI/c1-3-25-17(24)23-8-6-14(7-9-23)22-16(20-2)21-11-12-10-13(18)4-5-15(12)19;/h4-5,10,14H,3,6-9,11H2,1-2H3,(H2,20,21,22);1H. The van der Waals surface area contributed by atoms with E-state index >= 15 is 0 Å². The van der Waals surface area contributed by atoms with Crippen LogP contribution in [-0.4, -0.2) is 49.7 Å². The number of piperidine rings is 1. The van der Waals surface area contributed by atoms with Crippen LogP contribution in [0.5, 0.6) is 0 Å². The van der Waals surface area contributed by atoms with Crippen molar-refractivity contribution in [2.45, 2.75) is 32.4 Å². The van der Waals surface area contributed by atoms with Gasteiger partial charge in [0, 0.05) is 42.8 Å². The zero-order valence-electron chi connectivity index (χ0n) is 14.9. The number of benzene rings is 1. The Bertz CT molecular complexity index is 625. The number of rotatable bonds is 4. The van der Waals surface area contributed by atoms with Crippen molar-refractivity contribution in [3.05, 3.63) is 34.1 Å². The van der Waals surface area contributed by atoms with Crippen LogP contribution in [0.25, 0.3) is 0 Å². The van der Waals surface area contributed by atoms with E-state index in [0.717, 1.165) is 17.3 Å². The minimum Gasteiger partial charge on any atom is -0.450 e. The van der Waals surface area contributed by atoms with Crippen LogP contribution >= 0.6 is 39.9 Å². The predicted octanol–water partition coefficient (Wildman–Crippen LogP) is 3.49. The third-order valence-electron chi connectivity index (χ3n) is 4.04. The number of likely N-dealkylation sites (tertiary alicyclic amines) is 1. The maximum atomic E-state index is 13.8. The summed E-state index contributed by atoms with van der Waals surface area (Å²) in [7, 11) is 1.68. The van der Waals surface area contributed by atoms with Crippen LogP contribution in [0.15, 0.2) is 27.7 Å². The summed E-state index contributed by atoms with van der Waals surface area (Å²) in [4.78, 5) is 17.6. The fourth-order valence-electron chi connectivity index (χ4n) is 2.67. The van der Waals surface area contributed by atoms with E-state index in [4.69, 9.17) is 4.74 Å². The van der Waals surface area contributed by atoms with Crippen LogP contribution < -0.4 is 10.6 Å². The third-order valence-corrected chi connectivity index (χ3v) is 4.53. The van der Waals surface area contributed by atoms with Crippen LogP contribution in [0.4, 0.5) is 9.18 Å². The first-order valence-electron chi connectivity index (χ1n) is 8.36. The molecular weight excluding hydrogens is 518 g/mol. The molecule has 1 aliphatic rings. The van der Waals surface area contributed by atoms with Crippen molar-refractivity contribution >= 4 is 52.0 Å². The molecule has 2 N–H and O–H groups in total. The normalized spacial score (nSPS) is 15.2. The topological polar surface area (TPSA) is 66.0 Å². The summed E-state index contributed by atoms with van der Waals surface area (Å²) in [6, 6.07) is 5.06. The second kappa shape index (κ2) is 11.6. The van der Waals surface area contributed by atoms with Crippen LogP contribution in [0.1, 0.15) is 25.3 Å². The molecule has 1 heterocycles. The highest BCUT2D eigenvalue weighted by atomic mass is 127. The quantitative estimate of drug-likeness (QED) is 0.347. The largest absolute Gasteiger partial charge is 0.450 e. The molecule has 1 amide bonds. The van der Waals surface area contributed by atoms with E-state index in [1.54, 1.807) is 31.0 Å². The van der Waals surface area contributed by atoms with Gasteiger partial charge in [-0.2, -0.15) is 0 Å². The van der Waals surface area contributed by atoms with Gasteiger partial charge in [0.15, 0.2) is 5.96 Å². The Morgan fingerprint density at radius 3 is 2.73 bits per heavy atom. The number of guanidine groups is 1. The van der Waals surface area contributed by atoms with Crippen LogP contribution in [0, 0.1) is 5.82 Å². The van der Waals surface area contributed by atoms with Gasteiger partial charge in [-0.15, -0.1) is 24.0 Å². The minimum atomic E-state index is -0.256. The summed E-state index contributed by atoms with van der Waals surface area (Å²) >= 11 is 3.35. The van der Waals surface area contributed by atoms with Gasteiger partial charge >= 0.3 is 6.09 Å². The second-order valence-corrected chi connectivity index (χ2v) is 6.68. The van der Waals surface area contributed by atoms with Crippen molar-refractivity contribution in [3.8, 4) is 0 Å². The lowest BCUT2D eigenvalue weighted by atomic mass is 10.1. The summed E-state index contributed by atoms with van der Waals surface area (Å²) in [5.41, 5.74) is 0.564. The Morgan fingerprint density at radius 2 is 2.12 bits per heavy atom. The van der Waals surface area contributed by atoms with Crippen LogP contribution in [-0.2, 0) is 11.3 Å². The molecule has 1 aromatic carbocycles. The van der Waals surface area contributed by atoms with Gasteiger partial charge in [-0.3, -0.25) is 4.99 Å². The molecule has 1 saturated heterocycles. The Morgan fingerprint density at radius 1 is 1.42 bits per heavy atom. The fourth-order valence-corrected chi connectivity index (χ4v) is 3.08. The number of aliphatic imine (C=N–C) groups is 1. The molecule has 0 bridgehead atoms. The number of hydrogen-bond acceptors (Lipinski definition) is 3. The minimum absolute atomic E-state index is 0. The average molecular weight is 543 g/mol. The van der Waals surface area contributed by atoms with E-state index in [1.807, 2.05) is 0 Å². The lowest BCUT2D eigenvalue weighted by molar-refractivity contribution is 0.0963. The molecule has 2 rings (SSSR count). The van der Waals surface area contributed by atoms with E-state index < -0.39 is 0 Å². The molecular formula is C17H25BrFIN4O2. The van der Waals surface area contributed by atoms with Gasteiger partial charge in [0.2, 0.25) is 0 Å². The molecule has 1 aliphatic heterocycles. The second-order valence-electron chi connectivity index (χ2n) is 5.77. The monoisotopic (exact) mass is 542 g/mol. The van der Waals surface area contributed by atoms with Crippen molar-refractivity contribution in [3.63, 3.8) is 0 Å². The molecule has 0 aliphatic carbocycles. The van der Waals surface area contributed by atoms with Crippen molar-refractivity contribution in [2.24, 2.45) is 4.99 Å². The maximum Gasteiger partial charge on any atom is 0.409 e. The Balaban J connectivity index is 0.00000338. The van der Waals surface area contributed by atoms with E-state index in [1.165, 1.54) is 6.07 Å². The Labute approximate surface area is 179 Å². The van der Waals surface area contributed by atoms with E-state index in [0.29, 0.717) is 37.8 Å². The highest BCUT2D eigenvalue weighted by molar-refractivity contribution is 14.0. The molecule has 1 fully saturated rings. The molecule has 0 spiro atoms. The first-order chi connectivity index (χ1) is 12.0. The molecule has 1 aromatic rings. The smallest absolute Gasteiger partial charge is 0.409 e. The van der Waals surface area contributed by atoms with Gasteiger partial charge in [0.05, 0.1) is 6.61 Å². The molecule has 0 aromatic heterocycles. The number of amides is 1. The average Bonchev–Trinajstić information content (AvgIpc) is 2.62. The molecule has 0 saturated carbocycles. The lowest BCUT2D eigenvalue weighted by Crippen LogP contribution is -2.49. The highest BCUT2D eigenvalue weighted by Crippen LogP contribution is 2.15. The third kappa shape index (κ3) is 6.90. The number of nitrogens with one attached hydrogen (secondary N) is 2. The zero-order valence-corrected chi connectivity index (χ0v) is 18.8.